The predicted molar refractivity (Wildman–Crippen MR) is 69.9 cm³/mol. The second-order valence-corrected chi connectivity index (χ2v) is 6.32. The summed E-state index contributed by atoms with van der Waals surface area (Å²) in [6.07, 6.45) is 3.39. The molecule has 1 saturated carbocycles. The average Bonchev–Trinajstić information content (AvgIpc) is 3.22. The number of carboxylic acids is 1. The van der Waals surface area contributed by atoms with Crippen molar-refractivity contribution >= 4 is 16.0 Å². The summed E-state index contributed by atoms with van der Waals surface area (Å²) in [5.74, 6) is -0.514. The standard InChI is InChI=1S/C12H16N2O5S/c15-12(16)10-3-4-11(13-7-10)20(17,18)14-5-6-19-8-9-1-2-9/h3-4,7,9,14H,1-2,5-6,8H2,(H,15,16). The molecule has 0 aromatic carbocycles. The van der Waals surface area contributed by atoms with E-state index in [1.54, 1.807) is 0 Å². The van der Waals surface area contributed by atoms with Crippen molar-refractivity contribution in [3.8, 4) is 0 Å². The molecule has 0 bridgehead atoms. The molecule has 20 heavy (non-hydrogen) atoms. The van der Waals surface area contributed by atoms with Gasteiger partial charge in [0.2, 0.25) is 0 Å². The molecule has 0 aliphatic heterocycles. The quantitative estimate of drug-likeness (QED) is 0.677. The number of nitrogens with one attached hydrogen (secondary N) is 1. The highest BCUT2D eigenvalue weighted by Gasteiger charge is 2.21. The second-order valence-electron chi connectivity index (χ2n) is 4.61. The number of pyridine rings is 1. The highest BCUT2D eigenvalue weighted by molar-refractivity contribution is 7.89. The summed E-state index contributed by atoms with van der Waals surface area (Å²) in [6.45, 7) is 1.15. The molecule has 7 nitrogen and oxygen atoms in total. The van der Waals surface area contributed by atoms with Crippen LogP contribution in [0.1, 0.15) is 23.2 Å². The molecule has 1 heterocycles. The predicted octanol–water partition coefficient (Wildman–Crippen LogP) is 0.485. The minimum absolute atomic E-state index is 0.0586. The number of aromatic nitrogens is 1. The Labute approximate surface area is 117 Å². The molecular weight excluding hydrogens is 284 g/mol. The zero-order valence-corrected chi connectivity index (χ0v) is 11.6. The third-order valence-corrected chi connectivity index (χ3v) is 4.22. The van der Waals surface area contributed by atoms with E-state index in [-0.39, 0.29) is 17.1 Å². The fourth-order valence-electron chi connectivity index (χ4n) is 1.52. The minimum Gasteiger partial charge on any atom is -0.478 e. The van der Waals surface area contributed by atoms with Gasteiger partial charge in [0, 0.05) is 19.3 Å². The van der Waals surface area contributed by atoms with Crippen molar-refractivity contribution < 1.29 is 23.1 Å². The van der Waals surface area contributed by atoms with E-state index in [0.717, 1.165) is 12.3 Å². The normalized spacial score (nSPS) is 15.2. The Morgan fingerprint density at radius 3 is 2.75 bits per heavy atom. The van der Waals surface area contributed by atoms with Crippen LogP contribution in [0.4, 0.5) is 0 Å². The molecule has 1 aromatic heterocycles. The zero-order chi connectivity index (χ0) is 14.6. The second kappa shape index (κ2) is 6.29. The molecule has 1 aromatic rings. The van der Waals surface area contributed by atoms with Crippen molar-refractivity contribution in [2.75, 3.05) is 19.8 Å². The molecule has 0 atom stereocenters. The third-order valence-electron chi connectivity index (χ3n) is 2.85. The van der Waals surface area contributed by atoms with E-state index in [2.05, 4.69) is 9.71 Å². The number of sulfonamides is 1. The molecule has 2 rings (SSSR count). The lowest BCUT2D eigenvalue weighted by molar-refractivity contribution is 0.0696. The van der Waals surface area contributed by atoms with Gasteiger partial charge < -0.3 is 9.84 Å². The summed E-state index contributed by atoms with van der Waals surface area (Å²) in [6, 6.07) is 2.37. The number of carbonyl (C=O) groups is 1. The molecule has 1 fully saturated rings. The molecule has 0 spiro atoms. The fourth-order valence-corrected chi connectivity index (χ4v) is 2.46. The maximum absolute atomic E-state index is 11.8. The molecule has 2 N–H and O–H groups in total. The van der Waals surface area contributed by atoms with Crippen LogP contribution in [0.15, 0.2) is 23.4 Å². The molecular formula is C12H16N2O5S. The van der Waals surface area contributed by atoms with Crippen LogP contribution in [0, 0.1) is 5.92 Å². The Kier molecular flexibility index (Phi) is 4.69. The van der Waals surface area contributed by atoms with E-state index in [0.29, 0.717) is 19.1 Å². The first kappa shape index (κ1) is 14.9. The number of rotatable bonds is 8. The van der Waals surface area contributed by atoms with Crippen LogP contribution in [-0.2, 0) is 14.8 Å². The number of aromatic carboxylic acids is 1. The van der Waals surface area contributed by atoms with Gasteiger partial charge in [0.05, 0.1) is 12.2 Å². The summed E-state index contributed by atoms with van der Waals surface area (Å²) in [4.78, 5) is 14.3. The first-order chi connectivity index (χ1) is 9.49. The van der Waals surface area contributed by atoms with E-state index in [1.165, 1.54) is 18.9 Å². The summed E-state index contributed by atoms with van der Waals surface area (Å²) < 4.78 is 31.4. The number of carboxylic acid groups (broad SMARTS) is 1. The van der Waals surface area contributed by atoms with Crippen LogP contribution in [0.5, 0.6) is 0 Å². The summed E-state index contributed by atoms with van der Waals surface area (Å²) in [5.41, 5.74) is -0.0586. The van der Waals surface area contributed by atoms with E-state index < -0.39 is 16.0 Å². The van der Waals surface area contributed by atoms with Crippen molar-refractivity contribution in [1.82, 2.24) is 9.71 Å². The lowest BCUT2D eigenvalue weighted by Gasteiger charge is -2.06. The lowest BCUT2D eigenvalue weighted by Crippen LogP contribution is -2.28. The number of ether oxygens (including phenoxy) is 1. The van der Waals surface area contributed by atoms with E-state index in [1.807, 2.05) is 0 Å². The molecule has 1 aliphatic carbocycles. The monoisotopic (exact) mass is 300 g/mol. The van der Waals surface area contributed by atoms with Crippen LogP contribution < -0.4 is 4.72 Å². The Hall–Kier alpha value is -1.51. The maximum Gasteiger partial charge on any atom is 0.337 e. The summed E-state index contributed by atoms with van der Waals surface area (Å²) in [5, 5.41) is 8.50. The molecule has 8 heteroatoms. The van der Waals surface area contributed by atoms with Crippen LogP contribution in [-0.4, -0.2) is 44.2 Å². The van der Waals surface area contributed by atoms with E-state index in [9.17, 15) is 13.2 Å². The van der Waals surface area contributed by atoms with Gasteiger partial charge in [-0.3, -0.25) is 0 Å². The number of hydrogen-bond donors (Lipinski definition) is 2. The van der Waals surface area contributed by atoms with Crippen molar-refractivity contribution in [2.24, 2.45) is 5.92 Å². The molecule has 0 saturated heterocycles. The molecule has 1 aliphatic rings. The average molecular weight is 300 g/mol. The van der Waals surface area contributed by atoms with Gasteiger partial charge in [0.1, 0.15) is 0 Å². The Bertz CT molecular complexity index is 566. The van der Waals surface area contributed by atoms with Crippen LogP contribution in [0.3, 0.4) is 0 Å². The lowest BCUT2D eigenvalue weighted by atomic mass is 10.3. The van der Waals surface area contributed by atoms with Gasteiger partial charge in [-0.25, -0.2) is 22.9 Å². The van der Waals surface area contributed by atoms with Crippen molar-refractivity contribution in [3.05, 3.63) is 23.9 Å². The van der Waals surface area contributed by atoms with Crippen molar-refractivity contribution in [1.29, 1.82) is 0 Å². The van der Waals surface area contributed by atoms with Crippen LogP contribution in [0.25, 0.3) is 0 Å². The van der Waals surface area contributed by atoms with Gasteiger partial charge in [-0.05, 0) is 30.9 Å². The third kappa shape index (κ3) is 4.26. The summed E-state index contributed by atoms with van der Waals surface area (Å²) >= 11 is 0. The molecule has 0 amide bonds. The van der Waals surface area contributed by atoms with Gasteiger partial charge in [0.15, 0.2) is 5.03 Å². The van der Waals surface area contributed by atoms with Gasteiger partial charge >= 0.3 is 5.97 Å². The first-order valence-corrected chi connectivity index (χ1v) is 7.74. The topological polar surface area (TPSA) is 106 Å². The van der Waals surface area contributed by atoms with E-state index >= 15 is 0 Å². The fraction of sp³-hybridized carbons (Fsp3) is 0.500. The Morgan fingerprint density at radius 2 is 2.20 bits per heavy atom. The maximum atomic E-state index is 11.8. The van der Waals surface area contributed by atoms with Crippen LogP contribution >= 0.6 is 0 Å². The molecule has 110 valence electrons. The number of hydrogen-bond acceptors (Lipinski definition) is 5. The van der Waals surface area contributed by atoms with Gasteiger partial charge in [0.25, 0.3) is 10.0 Å². The summed E-state index contributed by atoms with van der Waals surface area (Å²) in [7, 11) is -3.72. The highest BCUT2D eigenvalue weighted by atomic mass is 32.2. The first-order valence-electron chi connectivity index (χ1n) is 6.26. The van der Waals surface area contributed by atoms with Crippen molar-refractivity contribution in [3.63, 3.8) is 0 Å². The Morgan fingerprint density at radius 1 is 1.45 bits per heavy atom. The van der Waals surface area contributed by atoms with Crippen LogP contribution in [0.2, 0.25) is 0 Å². The van der Waals surface area contributed by atoms with Gasteiger partial charge in [-0.15, -0.1) is 0 Å². The molecule has 0 unspecified atom stereocenters. The SMILES string of the molecule is O=C(O)c1ccc(S(=O)(=O)NCCOCC2CC2)nc1. The van der Waals surface area contributed by atoms with E-state index in [4.69, 9.17) is 9.84 Å². The zero-order valence-electron chi connectivity index (χ0n) is 10.8. The van der Waals surface area contributed by atoms with Gasteiger partial charge in [-0.1, -0.05) is 0 Å². The minimum atomic E-state index is -3.72. The number of nitrogens with zero attached hydrogens (tertiary/aromatic N) is 1. The Balaban J connectivity index is 1.83. The largest absolute Gasteiger partial charge is 0.478 e. The molecule has 0 radical (unpaired) electrons. The van der Waals surface area contributed by atoms with Crippen molar-refractivity contribution in [2.45, 2.75) is 17.9 Å². The van der Waals surface area contributed by atoms with Gasteiger partial charge in [-0.2, -0.15) is 0 Å². The smallest absolute Gasteiger partial charge is 0.337 e. The highest BCUT2D eigenvalue weighted by Crippen LogP contribution is 2.28.